The Balaban J connectivity index is 1.45. The molecule has 0 aliphatic carbocycles. The Morgan fingerprint density at radius 2 is 1.68 bits per heavy atom. The van der Waals surface area contributed by atoms with E-state index in [0.29, 0.717) is 56.4 Å². The van der Waals surface area contributed by atoms with Gasteiger partial charge in [-0.05, 0) is 68.0 Å². The van der Waals surface area contributed by atoms with Gasteiger partial charge in [0.25, 0.3) is 5.91 Å². The number of anilines is 1. The monoisotopic (exact) mass is 584 g/mol. The third kappa shape index (κ3) is 5.39. The van der Waals surface area contributed by atoms with Gasteiger partial charge in [0.05, 0.1) is 10.4 Å². The van der Waals surface area contributed by atoms with Crippen LogP contribution in [0.5, 0.6) is 0 Å². The number of fused-ring (bicyclic) bond motifs is 1. The van der Waals surface area contributed by atoms with Gasteiger partial charge in [0.15, 0.2) is 0 Å². The van der Waals surface area contributed by atoms with Gasteiger partial charge in [0.2, 0.25) is 15.5 Å². The Bertz CT molecular complexity index is 1600. The maximum atomic E-state index is 13.7. The van der Waals surface area contributed by atoms with Crippen molar-refractivity contribution in [2.45, 2.75) is 45.6 Å². The van der Waals surface area contributed by atoms with E-state index in [1.165, 1.54) is 10.4 Å². The van der Waals surface area contributed by atoms with E-state index in [9.17, 15) is 18.0 Å². The van der Waals surface area contributed by atoms with Gasteiger partial charge in [0, 0.05) is 68.1 Å². The summed E-state index contributed by atoms with van der Waals surface area (Å²) in [7, 11) is -3.77. The van der Waals surface area contributed by atoms with Crippen molar-refractivity contribution in [3.63, 3.8) is 0 Å². The average Bonchev–Trinajstić information content (AvgIpc) is 2.93. The van der Waals surface area contributed by atoms with Crippen LogP contribution in [0, 0.1) is 18.8 Å². The summed E-state index contributed by atoms with van der Waals surface area (Å²) in [5.74, 6) is 0.205. The number of hydrogen-bond acceptors (Lipinski definition) is 5. The number of nitrogens with zero attached hydrogens (tertiary/aromatic N) is 4. The molecule has 0 N–H and O–H groups in total. The molecule has 214 valence electrons. The molecule has 5 rings (SSSR count). The molecule has 40 heavy (non-hydrogen) atoms. The number of pyridine rings is 1. The standard InChI is InChI=1S/C30H37ClN4O4S/c1-5-32-19-26(30(37)34-12-10-33(11-13-34)28-15-23(31)7-6-22(28)4)29(36)25-16-24(8-9-27(25)32)40(38,39)35-17-20(2)14-21(3)18-35/h6-9,15-16,19-21H,5,10-14,17-18H2,1-4H3/t20-,21-/m0/s1. The first-order valence-electron chi connectivity index (χ1n) is 14.0. The maximum Gasteiger partial charge on any atom is 0.259 e. The van der Waals surface area contributed by atoms with Crippen molar-refractivity contribution >= 4 is 44.1 Å². The molecule has 0 bridgehead atoms. The molecule has 0 spiro atoms. The molecule has 8 nitrogen and oxygen atoms in total. The normalized spacial score (nSPS) is 20.7. The van der Waals surface area contributed by atoms with Crippen molar-refractivity contribution in [1.29, 1.82) is 0 Å². The van der Waals surface area contributed by atoms with Crippen LogP contribution in [0.25, 0.3) is 10.9 Å². The second-order valence-corrected chi connectivity index (χ2v) is 13.7. The number of carbonyl (C=O) groups is 1. The predicted molar refractivity (Wildman–Crippen MR) is 160 cm³/mol. The number of hydrogen-bond donors (Lipinski definition) is 0. The van der Waals surface area contributed by atoms with Crippen molar-refractivity contribution in [2.24, 2.45) is 11.8 Å². The Hall–Kier alpha value is -2.88. The van der Waals surface area contributed by atoms with Gasteiger partial charge in [-0.1, -0.05) is 31.5 Å². The van der Waals surface area contributed by atoms with Crippen LogP contribution in [0.2, 0.25) is 5.02 Å². The Morgan fingerprint density at radius 1 is 1.00 bits per heavy atom. The molecule has 0 radical (unpaired) electrons. The van der Waals surface area contributed by atoms with E-state index in [0.717, 1.165) is 17.7 Å². The Kier molecular flexibility index (Phi) is 8.01. The van der Waals surface area contributed by atoms with Crippen LogP contribution in [0.1, 0.15) is 43.1 Å². The van der Waals surface area contributed by atoms with E-state index in [1.54, 1.807) is 23.2 Å². The first-order chi connectivity index (χ1) is 19.0. The minimum Gasteiger partial charge on any atom is -0.368 e. The van der Waals surface area contributed by atoms with Gasteiger partial charge in [-0.2, -0.15) is 4.31 Å². The number of carbonyl (C=O) groups excluding carboxylic acids is 1. The number of amides is 1. The zero-order valence-electron chi connectivity index (χ0n) is 23.6. The van der Waals surface area contributed by atoms with E-state index in [4.69, 9.17) is 11.6 Å². The highest BCUT2D eigenvalue weighted by Crippen LogP contribution is 2.29. The SMILES string of the molecule is CCn1cc(C(=O)N2CCN(c3cc(Cl)ccc3C)CC2)c(=O)c2cc(S(=O)(=O)N3C[C@@H](C)C[C@H](C)C3)ccc21. The highest BCUT2D eigenvalue weighted by molar-refractivity contribution is 7.89. The third-order valence-electron chi connectivity index (χ3n) is 8.17. The number of sulfonamides is 1. The second-order valence-electron chi connectivity index (χ2n) is 11.3. The van der Waals surface area contributed by atoms with E-state index in [2.05, 4.69) is 18.7 Å². The fourth-order valence-electron chi connectivity index (χ4n) is 6.15. The number of benzene rings is 2. The summed E-state index contributed by atoms with van der Waals surface area (Å²) in [6.45, 7) is 11.7. The molecule has 10 heteroatoms. The Morgan fingerprint density at radius 3 is 2.33 bits per heavy atom. The molecule has 2 saturated heterocycles. The minimum atomic E-state index is -3.77. The summed E-state index contributed by atoms with van der Waals surface area (Å²) in [5.41, 5.74) is 2.41. The van der Waals surface area contributed by atoms with Crippen LogP contribution in [-0.4, -0.2) is 67.4 Å². The summed E-state index contributed by atoms with van der Waals surface area (Å²) in [5, 5.41) is 0.918. The first kappa shape index (κ1) is 28.6. The van der Waals surface area contributed by atoms with E-state index in [-0.39, 0.29) is 33.6 Å². The van der Waals surface area contributed by atoms with Gasteiger partial charge < -0.3 is 14.4 Å². The van der Waals surface area contributed by atoms with Crippen molar-refractivity contribution in [2.75, 3.05) is 44.2 Å². The van der Waals surface area contributed by atoms with E-state index < -0.39 is 15.5 Å². The summed E-state index contributed by atoms with van der Waals surface area (Å²) in [6, 6.07) is 10.5. The van der Waals surface area contributed by atoms with Crippen LogP contribution in [0.3, 0.4) is 0 Å². The van der Waals surface area contributed by atoms with Gasteiger partial charge in [-0.15, -0.1) is 0 Å². The Labute approximate surface area is 241 Å². The number of aryl methyl sites for hydroxylation is 2. The van der Waals surface area contributed by atoms with E-state index >= 15 is 0 Å². The van der Waals surface area contributed by atoms with Gasteiger partial charge in [0.1, 0.15) is 5.56 Å². The largest absolute Gasteiger partial charge is 0.368 e. The number of piperazine rings is 1. The van der Waals surface area contributed by atoms with Crippen LogP contribution >= 0.6 is 11.6 Å². The van der Waals surface area contributed by atoms with Crippen molar-refractivity contribution in [3.05, 3.63) is 69.0 Å². The average molecular weight is 585 g/mol. The molecule has 1 aromatic heterocycles. The maximum absolute atomic E-state index is 13.7. The fraction of sp³-hybridized carbons (Fsp3) is 0.467. The molecule has 2 aliphatic heterocycles. The van der Waals surface area contributed by atoms with Crippen LogP contribution in [0.15, 0.2) is 52.3 Å². The highest BCUT2D eigenvalue weighted by Gasteiger charge is 2.32. The van der Waals surface area contributed by atoms with Crippen molar-refractivity contribution in [1.82, 2.24) is 13.8 Å². The number of rotatable bonds is 5. The van der Waals surface area contributed by atoms with Crippen LogP contribution < -0.4 is 10.3 Å². The lowest BCUT2D eigenvalue weighted by Gasteiger charge is -2.37. The quantitative estimate of drug-likeness (QED) is 0.437. The molecule has 2 aliphatic rings. The molecular weight excluding hydrogens is 548 g/mol. The predicted octanol–water partition coefficient (Wildman–Crippen LogP) is 4.61. The molecule has 2 atom stereocenters. The summed E-state index contributed by atoms with van der Waals surface area (Å²) in [4.78, 5) is 31.4. The molecule has 0 saturated carbocycles. The third-order valence-corrected chi connectivity index (χ3v) is 10.2. The first-order valence-corrected chi connectivity index (χ1v) is 15.8. The minimum absolute atomic E-state index is 0.0662. The molecule has 2 aromatic carbocycles. The lowest BCUT2D eigenvalue weighted by molar-refractivity contribution is 0.0745. The molecule has 3 aromatic rings. The van der Waals surface area contributed by atoms with E-state index in [1.807, 2.05) is 36.6 Å². The number of aromatic nitrogens is 1. The molecule has 3 heterocycles. The molecular formula is C30H37ClN4O4S. The smallest absolute Gasteiger partial charge is 0.259 e. The zero-order valence-corrected chi connectivity index (χ0v) is 25.1. The van der Waals surface area contributed by atoms with Gasteiger partial charge >= 0.3 is 0 Å². The summed E-state index contributed by atoms with van der Waals surface area (Å²) < 4.78 is 30.5. The van der Waals surface area contributed by atoms with Crippen molar-refractivity contribution in [3.8, 4) is 0 Å². The molecule has 2 fully saturated rings. The topological polar surface area (TPSA) is 82.9 Å². The van der Waals surface area contributed by atoms with Crippen LogP contribution in [-0.2, 0) is 16.6 Å². The lowest BCUT2D eigenvalue weighted by Crippen LogP contribution is -2.49. The molecule has 1 amide bonds. The van der Waals surface area contributed by atoms with Crippen molar-refractivity contribution < 1.29 is 13.2 Å². The summed E-state index contributed by atoms with van der Waals surface area (Å²) in [6.07, 6.45) is 2.60. The fourth-order valence-corrected chi connectivity index (χ4v) is 8.02. The molecule has 0 unspecified atom stereocenters. The second kappa shape index (κ2) is 11.2. The lowest BCUT2D eigenvalue weighted by atomic mass is 9.94. The zero-order chi connectivity index (χ0) is 28.8. The van der Waals surface area contributed by atoms with Gasteiger partial charge in [-0.3, -0.25) is 9.59 Å². The summed E-state index contributed by atoms with van der Waals surface area (Å²) >= 11 is 6.22. The van der Waals surface area contributed by atoms with Gasteiger partial charge in [-0.25, -0.2) is 8.42 Å². The number of halogens is 1. The number of piperidine rings is 1. The van der Waals surface area contributed by atoms with Crippen LogP contribution in [0.4, 0.5) is 5.69 Å². The highest BCUT2D eigenvalue weighted by atomic mass is 35.5.